The second kappa shape index (κ2) is 7.57. The van der Waals surface area contributed by atoms with E-state index in [0.717, 1.165) is 54.7 Å². The van der Waals surface area contributed by atoms with Crippen molar-refractivity contribution in [1.82, 2.24) is 9.97 Å². The predicted octanol–water partition coefficient (Wildman–Crippen LogP) is 4.00. The number of hydrogen-bond donors (Lipinski definition) is 2. The zero-order chi connectivity index (χ0) is 19.8. The molecule has 6 nitrogen and oxygen atoms in total. The van der Waals surface area contributed by atoms with E-state index in [0.29, 0.717) is 5.95 Å². The van der Waals surface area contributed by atoms with Crippen molar-refractivity contribution in [1.29, 1.82) is 0 Å². The first-order valence-corrected chi connectivity index (χ1v) is 10.6. The normalized spacial score (nSPS) is 15.6. The Morgan fingerprint density at radius 1 is 1.10 bits per heavy atom. The standard InChI is InChI=1S/C22H23N5OS/c1-14-10-17(23)12-15-11-16-13-24-22(26-21(16)29-20(14)15)25-18-2-4-19(5-3-18)27-6-8-28-9-7-27/h2-5,10,12-13H,6-9,11,23H2,1H3,(H,24,25,26). The van der Waals surface area contributed by atoms with Gasteiger partial charge in [-0.15, -0.1) is 0 Å². The number of aromatic nitrogens is 2. The SMILES string of the molecule is Cc1cc(N)cc2c1Sc1nc(Nc3ccc(N4CCOCC4)cc3)ncc1C2. The number of fused-ring (bicyclic) bond motifs is 2. The smallest absolute Gasteiger partial charge is 0.228 e. The monoisotopic (exact) mass is 405 g/mol. The van der Waals surface area contributed by atoms with Crippen molar-refractivity contribution in [2.75, 3.05) is 42.3 Å². The molecule has 7 heteroatoms. The third kappa shape index (κ3) is 3.75. The molecule has 5 rings (SSSR count). The van der Waals surface area contributed by atoms with Gasteiger partial charge in [0.2, 0.25) is 5.95 Å². The fraction of sp³-hybridized carbons (Fsp3) is 0.273. The van der Waals surface area contributed by atoms with E-state index in [-0.39, 0.29) is 0 Å². The number of nitrogens with zero attached hydrogens (tertiary/aromatic N) is 3. The van der Waals surface area contributed by atoms with E-state index < -0.39 is 0 Å². The molecule has 3 N–H and O–H groups in total. The van der Waals surface area contributed by atoms with Gasteiger partial charge >= 0.3 is 0 Å². The maximum absolute atomic E-state index is 6.01. The summed E-state index contributed by atoms with van der Waals surface area (Å²) in [6.07, 6.45) is 2.74. The molecule has 0 atom stereocenters. The van der Waals surface area contributed by atoms with E-state index in [1.165, 1.54) is 21.7 Å². The van der Waals surface area contributed by atoms with E-state index in [2.05, 4.69) is 52.5 Å². The number of hydrogen-bond acceptors (Lipinski definition) is 7. The molecule has 0 unspecified atom stereocenters. The molecular weight excluding hydrogens is 382 g/mol. The van der Waals surface area contributed by atoms with Crippen molar-refractivity contribution in [3.05, 3.63) is 59.3 Å². The zero-order valence-corrected chi connectivity index (χ0v) is 17.1. The lowest BCUT2D eigenvalue weighted by atomic mass is 10.0. The highest BCUT2D eigenvalue weighted by Gasteiger charge is 2.20. The van der Waals surface area contributed by atoms with Gasteiger partial charge < -0.3 is 20.7 Å². The highest BCUT2D eigenvalue weighted by molar-refractivity contribution is 7.99. The van der Waals surface area contributed by atoms with Crippen LogP contribution in [0.5, 0.6) is 0 Å². The summed E-state index contributed by atoms with van der Waals surface area (Å²) in [6, 6.07) is 12.5. The van der Waals surface area contributed by atoms with Gasteiger partial charge in [0.25, 0.3) is 0 Å². The Hall–Kier alpha value is -2.77. The minimum Gasteiger partial charge on any atom is -0.399 e. The Morgan fingerprint density at radius 2 is 1.90 bits per heavy atom. The second-order valence-electron chi connectivity index (χ2n) is 7.40. The minimum absolute atomic E-state index is 0.618. The Labute approximate surface area is 174 Å². The summed E-state index contributed by atoms with van der Waals surface area (Å²) >= 11 is 1.70. The van der Waals surface area contributed by atoms with Crippen molar-refractivity contribution in [2.24, 2.45) is 0 Å². The lowest BCUT2D eigenvalue weighted by Crippen LogP contribution is -2.36. The van der Waals surface area contributed by atoms with E-state index in [1.54, 1.807) is 11.8 Å². The molecule has 0 bridgehead atoms. The molecule has 1 saturated heterocycles. The molecule has 1 aromatic heterocycles. The van der Waals surface area contributed by atoms with Crippen LogP contribution < -0.4 is 16.0 Å². The largest absolute Gasteiger partial charge is 0.399 e. The first-order valence-electron chi connectivity index (χ1n) is 9.78. The summed E-state index contributed by atoms with van der Waals surface area (Å²) in [4.78, 5) is 12.9. The predicted molar refractivity (Wildman–Crippen MR) is 117 cm³/mol. The van der Waals surface area contributed by atoms with Gasteiger partial charge in [0, 0.05) is 53.2 Å². The molecular formula is C22H23N5OS. The van der Waals surface area contributed by atoms with Crippen LogP contribution in [0.4, 0.5) is 23.0 Å². The van der Waals surface area contributed by atoms with Gasteiger partial charge in [-0.25, -0.2) is 9.97 Å². The first kappa shape index (κ1) is 18.3. The van der Waals surface area contributed by atoms with Crippen molar-refractivity contribution < 1.29 is 4.74 Å². The van der Waals surface area contributed by atoms with E-state index in [1.807, 2.05) is 12.3 Å². The molecule has 2 aromatic carbocycles. The Morgan fingerprint density at radius 3 is 2.69 bits per heavy atom. The van der Waals surface area contributed by atoms with Crippen LogP contribution >= 0.6 is 11.8 Å². The van der Waals surface area contributed by atoms with Crippen LogP contribution in [0.1, 0.15) is 16.7 Å². The molecule has 0 spiro atoms. The number of anilines is 4. The van der Waals surface area contributed by atoms with E-state index >= 15 is 0 Å². The van der Waals surface area contributed by atoms with Crippen LogP contribution in [0.3, 0.4) is 0 Å². The van der Waals surface area contributed by atoms with Gasteiger partial charge in [-0.2, -0.15) is 0 Å². The maximum Gasteiger partial charge on any atom is 0.228 e. The van der Waals surface area contributed by atoms with Crippen molar-refractivity contribution >= 4 is 34.8 Å². The van der Waals surface area contributed by atoms with Gasteiger partial charge in [-0.1, -0.05) is 11.8 Å². The van der Waals surface area contributed by atoms with Crippen molar-refractivity contribution in [3.63, 3.8) is 0 Å². The number of benzene rings is 2. The average Bonchev–Trinajstić information content (AvgIpc) is 2.74. The number of nitrogen functional groups attached to an aromatic ring is 1. The third-order valence-corrected chi connectivity index (χ3v) is 6.61. The molecule has 2 aliphatic rings. The molecule has 3 heterocycles. The van der Waals surface area contributed by atoms with Crippen LogP contribution in [-0.4, -0.2) is 36.3 Å². The Bertz CT molecular complexity index is 1050. The molecule has 148 valence electrons. The highest BCUT2D eigenvalue weighted by Crippen LogP contribution is 2.41. The third-order valence-electron chi connectivity index (χ3n) is 5.28. The van der Waals surface area contributed by atoms with Crippen molar-refractivity contribution in [3.8, 4) is 0 Å². The maximum atomic E-state index is 6.01. The first-order chi connectivity index (χ1) is 14.2. The summed E-state index contributed by atoms with van der Waals surface area (Å²) < 4.78 is 5.43. The Kier molecular flexibility index (Phi) is 4.77. The summed E-state index contributed by atoms with van der Waals surface area (Å²) in [7, 11) is 0. The Balaban J connectivity index is 1.33. The van der Waals surface area contributed by atoms with E-state index in [4.69, 9.17) is 15.5 Å². The number of rotatable bonds is 3. The number of nitrogens with two attached hydrogens (primary N) is 1. The fourth-order valence-electron chi connectivity index (χ4n) is 3.82. The fourth-order valence-corrected chi connectivity index (χ4v) is 4.89. The number of morpholine rings is 1. The van der Waals surface area contributed by atoms with Crippen LogP contribution in [0.25, 0.3) is 0 Å². The number of ether oxygens (including phenoxy) is 1. The number of aryl methyl sites for hydroxylation is 1. The summed E-state index contributed by atoms with van der Waals surface area (Å²) in [6.45, 7) is 5.55. The molecule has 1 fully saturated rings. The zero-order valence-electron chi connectivity index (χ0n) is 16.3. The average molecular weight is 406 g/mol. The van der Waals surface area contributed by atoms with Gasteiger partial charge in [0.15, 0.2) is 0 Å². The van der Waals surface area contributed by atoms with Crippen molar-refractivity contribution in [2.45, 2.75) is 23.3 Å². The van der Waals surface area contributed by atoms with Gasteiger partial charge in [-0.05, 0) is 54.4 Å². The lowest BCUT2D eigenvalue weighted by Gasteiger charge is -2.28. The van der Waals surface area contributed by atoms with Crippen LogP contribution in [-0.2, 0) is 11.2 Å². The minimum atomic E-state index is 0.618. The van der Waals surface area contributed by atoms with Crippen LogP contribution in [0, 0.1) is 6.92 Å². The molecule has 29 heavy (non-hydrogen) atoms. The summed E-state index contributed by atoms with van der Waals surface area (Å²) in [5.74, 6) is 0.618. The van der Waals surface area contributed by atoms with Crippen LogP contribution in [0.2, 0.25) is 0 Å². The lowest BCUT2D eigenvalue weighted by molar-refractivity contribution is 0.122. The number of nitrogens with one attached hydrogen (secondary N) is 1. The molecule has 0 aliphatic carbocycles. The summed E-state index contributed by atoms with van der Waals surface area (Å²) in [5, 5.41) is 4.34. The molecule has 3 aromatic rings. The van der Waals surface area contributed by atoms with Gasteiger partial charge in [-0.3, -0.25) is 0 Å². The quantitative estimate of drug-likeness (QED) is 0.394. The van der Waals surface area contributed by atoms with Gasteiger partial charge in [0.05, 0.1) is 13.2 Å². The highest BCUT2D eigenvalue weighted by atomic mass is 32.2. The topological polar surface area (TPSA) is 76.3 Å². The molecule has 2 aliphatic heterocycles. The van der Waals surface area contributed by atoms with Gasteiger partial charge in [0.1, 0.15) is 5.03 Å². The molecule has 0 saturated carbocycles. The van der Waals surface area contributed by atoms with E-state index in [9.17, 15) is 0 Å². The molecule has 0 amide bonds. The van der Waals surface area contributed by atoms with Crippen LogP contribution in [0.15, 0.2) is 52.5 Å². The molecule has 0 radical (unpaired) electrons. The second-order valence-corrected chi connectivity index (χ2v) is 8.40. The summed E-state index contributed by atoms with van der Waals surface area (Å²) in [5.41, 5.74) is 12.6.